The van der Waals surface area contributed by atoms with Crippen LogP contribution in [0.25, 0.3) is 0 Å². The summed E-state index contributed by atoms with van der Waals surface area (Å²) in [4.78, 5) is 0. The quantitative estimate of drug-likeness (QED) is 0.922. The van der Waals surface area contributed by atoms with Crippen molar-refractivity contribution in [2.75, 3.05) is 7.11 Å². The van der Waals surface area contributed by atoms with Gasteiger partial charge in [0.05, 0.1) is 19.4 Å². The summed E-state index contributed by atoms with van der Waals surface area (Å²) in [7, 11) is 1.66. The molecular weight excluding hydrogens is 250 g/mol. The molecule has 18 heavy (non-hydrogen) atoms. The van der Waals surface area contributed by atoms with Gasteiger partial charge in [-0.3, -0.25) is 0 Å². The largest absolute Gasteiger partial charge is 0.496 e. The first-order valence-electron chi connectivity index (χ1n) is 5.68. The molecule has 0 aliphatic carbocycles. The van der Waals surface area contributed by atoms with Crippen LogP contribution in [0.15, 0.2) is 28.9 Å². The second-order valence-electron chi connectivity index (χ2n) is 4.31. The highest BCUT2D eigenvalue weighted by Crippen LogP contribution is 2.32. The van der Waals surface area contributed by atoms with Crippen LogP contribution in [0.3, 0.4) is 0 Å². The molecule has 0 bridgehead atoms. The molecule has 4 heteroatoms. The first kappa shape index (κ1) is 13.0. The van der Waals surface area contributed by atoms with E-state index < -0.39 is 0 Å². The van der Waals surface area contributed by atoms with Crippen LogP contribution in [-0.2, 0) is 0 Å². The molecule has 0 fully saturated rings. The van der Waals surface area contributed by atoms with Crippen LogP contribution in [0.2, 0.25) is 5.22 Å². The average molecular weight is 266 g/mol. The monoisotopic (exact) mass is 265 g/mol. The van der Waals surface area contributed by atoms with Crippen molar-refractivity contribution >= 4 is 11.6 Å². The Kier molecular flexibility index (Phi) is 3.64. The molecule has 2 rings (SSSR count). The van der Waals surface area contributed by atoms with Gasteiger partial charge in [0.15, 0.2) is 5.22 Å². The molecule has 2 aromatic rings. The Morgan fingerprint density at radius 2 is 1.94 bits per heavy atom. The topological polar surface area (TPSA) is 48.4 Å². The highest BCUT2D eigenvalue weighted by atomic mass is 35.5. The molecule has 0 aliphatic rings. The van der Waals surface area contributed by atoms with Gasteiger partial charge in [-0.2, -0.15) is 0 Å². The van der Waals surface area contributed by atoms with Crippen LogP contribution < -0.4 is 10.5 Å². The third-order valence-electron chi connectivity index (χ3n) is 3.10. The van der Waals surface area contributed by atoms with E-state index in [1.165, 1.54) is 0 Å². The molecule has 0 saturated heterocycles. The van der Waals surface area contributed by atoms with E-state index in [0.29, 0.717) is 5.22 Å². The fourth-order valence-electron chi connectivity index (χ4n) is 2.06. The van der Waals surface area contributed by atoms with E-state index in [9.17, 15) is 0 Å². The number of methoxy groups -OCH3 is 1. The van der Waals surface area contributed by atoms with Gasteiger partial charge in [-0.25, -0.2) is 0 Å². The van der Waals surface area contributed by atoms with Crippen LogP contribution in [0.4, 0.5) is 0 Å². The number of halogens is 1. The summed E-state index contributed by atoms with van der Waals surface area (Å²) in [5.41, 5.74) is 10.2. The fourth-order valence-corrected chi connectivity index (χ4v) is 2.29. The molecule has 0 amide bonds. The maximum Gasteiger partial charge on any atom is 0.198 e. The van der Waals surface area contributed by atoms with Crippen molar-refractivity contribution in [1.29, 1.82) is 0 Å². The number of furan rings is 1. The van der Waals surface area contributed by atoms with Gasteiger partial charge >= 0.3 is 0 Å². The number of benzene rings is 1. The van der Waals surface area contributed by atoms with Crippen molar-refractivity contribution in [2.24, 2.45) is 5.73 Å². The zero-order valence-electron chi connectivity index (χ0n) is 10.7. The van der Waals surface area contributed by atoms with Gasteiger partial charge in [0.1, 0.15) is 5.75 Å². The summed E-state index contributed by atoms with van der Waals surface area (Å²) in [5.74, 6) is 0.863. The maximum atomic E-state index is 6.24. The first-order valence-corrected chi connectivity index (χ1v) is 6.06. The third kappa shape index (κ3) is 2.24. The van der Waals surface area contributed by atoms with E-state index in [1.54, 1.807) is 19.4 Å². The van der Waals surface area contributed by atoms with Crippen LogP contribution >= 0.6 is 11.6 Å². The Morgan fingerprint density at radius 1 is 1.22 bits per heavy atom. The minimum Gasteiger partial charge on any atom is -0.496 e. The van der Waals surface area contributed by atoms with Crippen molar-refractivity contribution in [3.8, 4) is 5.75 Å². The summed E-state index contributed by atoms with van der Waals surface area (Å²) in [6.07, 6.45) is 1.54. The van der Waals surface area contributed by atoms with Crippen molar-refractivity contribution in [3.05, 3.63) is 51.9 Å². The Labute approximate surface area is 111 Å². The lowest BCUT2D eigenvalue weighted by molar-refractivity contribution is 0.411. The predicted molar refractivity (Wildman–Crippen MR) is 72.2 cm³/mol. The molecule has 1 unspecified atom stereocenters. The number of hydrogen-bond acceptors (Lipinski definition) is 3. The summed E-state index contributed by atoms with van der Waals surface area (Å²) >= 11 is 5.96. The number of aryl methyl sites for hydroxylation is 2. The van der Waals surface area contributed by atoms with Gasteiger partial charge in [-0.1, -0.05) is 6.07 Å². The lowest BCUT2D eigenvalue weighted by Crippen LogP contribution is -2.13. The van der Waals surface area contributed by atoms with Gasteiger partial charge in [-0.15, -0.1) is 0 Å². The van der Waals surface area contributed by atoms with E-state index >= 15 is 0 Å². The van der Waals surface area contributed by atoms with Crippen LogP contribution in [0.5, 0.6) is 5.75 Å². The minimum absolute atomic E-state index is 0.291. The van der Waals surface area contributed by atoms with Crippen molar-refractivity contribution in [1.82, 2.24) is 0 Å². The highest BCUT2D eigenvalue weighted by molar-refractivity contribution is 6.29. The smallest absolute Gasteiger partial charge is 0.198 e. The molecule has 96 valence electrons. The van der Waals surface area contributed by atoms with Gasteiger partial charge in [-0.05, 0) is 54.3 Å². The summed E-state index contributed by atoms with van der Waals surface area (Å²) < 4.78 is 10.4. The normalized spacial score (nSPS) is 12.5. The summed E-state index contributed by atoms with van der Waals surface area (Å²) in [6.45, 7) is 4.00. The number of rotatable bonds is 3. The maximum absolute atomic E-state index is 6.24. The van der Waals surface area contributed by atoms with Crippen molar-refractivity contribution in [2.45, 2.75) is 19.9 Å². The fraction of sp³-hybridized carbons (Fsp3) is 0.286. The summed E-state index contributed by atoms with van der Waals surface area (Å²) in [5, 5.41) is 0.343. The van der Waals surface area contributed by atoms with Crippen LogP contribution in [0.1, 0.15) is 28.3 Å². The number of nitrogens with two attached hydrogens (primary N) is 1. The zero-order valence-corrected chi connectivity index (χ0v) is 11.4. The molecule has 2 N–H and O–H groups in total. The second-order valence-corrected chi connectivity index (χ2v) is 4.65. The molecule has 1 aromatic carbocycles. The first-order chi connectivity index (χ1) is 8.54. The molecule has 1 aromatic heterocycles. The molecule has 0 spiro atoms. The van der Waals surface area contributed by atoms with Crippen molar-refractivity contribution < 1.29 is 9.15 Å². The van der Waals surface area contributed by atoms with Gasteiger partial charge in [0.2, 0.25) is 0 Å². The molecule has 1 heterocycles. The average Bonchev–Trinajstić information content (AvgIpc) is 2.77. The van der Waals surface area contributed by atoms with Crippen LogP contribution in [-0.4, -0.2) is 7.11 Å². The molecule has 0 radical (unpaired) electrons. The van der Waals surface area contributed by atoms with Crippen molar-refractivity contribution in [3.63, 3.8) is 0 Å². The van der Waals surface area contributed by atoms with Gasteiger partial charge in [0.25, 0.3) is 0 Å². The lowest BCUT2D eigenvalue weighted by Gasteiger charge is -2.16. The van der Waals surface area contributed by atoms with E-state index in [4.69, 9.17) is 26.5 Å². The number of ether oxygens (including phenoxy) is 1. The lowest BCUT2D eigenvalue weighted by atomic mass is 9.95. The minimum atomic E-state index is -0.291. The standard InChI is InChI=1S/C14H16ClNO2/c1-8-7-12(17-3)9(2)6-11(8)13(16)10-4-5-18-14(10)15/h4-7,13H,16H2,1-3H3. The molecule has 1 atom stereocenters. The van der Waals surface area contributed by atoms with E-state index in [-0.39, 0.29) is 6.04 Å². The second kappa shape index (κ2) is 5.04. The van der Waals surface area contributed by atoms with Crippen LogP contribution in [0, 0.1) is 13.8 Å². The Morgan fingerprint density at radius 3 is 2.50 bits per heavy atom. The molecule has 3 nitrogen and oxygen atoms in total. The number of hydrogen-bond donors (Lipinski definition) is 1. The summed E-state index contributed by atoms with van der Waals surface area (Å²) in [6, 6.07) is 5.52. The third-order valence-corrected chi connectivity index (χ3v) is 3.41. The van der Waals surface area contributed by atoms with E-state index in [0.717, 1.165) is 28.0 Å². The molecular formula is C14H16ClNO2. The highest BCUT2D eigenvalue weighted by Gasteiger charge is 2.18. The molecule has 0 saturated carbocycles. The Hall–Kier alpha value is -1.45. The van der Waals surface area contributed by atoms with E-state index in [1.807, 2.05) is 26.0 Å². The molecule has 0 aliphatic heterocycles. The van der Waals surface area contributed by atoms with E-state index in [2.05, 4.69) is 0 Å². The predicted octanol–water partition coefficient (Wildman–Crippen LogP) is 3.61. The SMILES string of the molecule is COc1cc(C)c(C(N)c2ccoc2Cl)cc1C. The Balaban J connectivity index is 2.46. The Bertz CT molecular complexity index is 563. The van der Waals surface area contributed by atoms with Gasteiger partial charge < -0.3 is 14.9 Å². The van der Waals surface area contributed by atoms with Gasteiger partial charge in [0, 0.05) is 5.56 Å². The zero-order chi connectivity index (χ0) is 13.3.